The van der Waals surface area contributed by atoms with Gasteiger partial charge in [0.2, 0.25) is 0 Å². The smallest absolute Gasteiger partial charge is 0.475 e. The molecule has 4 rings (SSSR count). The fraction of sp³-hybridized carbons (Fsp3) is 0.682. The molecule has 0 aliphatic carbocycles. The molecule has 1 unspecified atom stereocenters. The summed E-state index contributed by atoms with van der Waals surface area (Å²) in [7, 11) is 0. The molecule has 0 radical (unpaired) electrons. The molecule has 0 aromatic heterocycles. The van der Waals surface area contributed by atoms with Gasteiger partial charge in [-0.1, -0.05) is 23.7 Å². The third-order valence-electron chi connectivity index (χ3n) is 6.16. The molecule has 1 aromatic carbocycles. The second kappa shape index (κ2) is 11.2. The van der Waals surface area contributed by atoms with Crippen LogP contribution in [-0.2, 0) is 25.5 Å². The number of carboxylic acid groups (broad SMARTS) is 1. The number of alkyl halides is 3. The van der Waals surface area contributed by atoms with E-state index < -0.39 is 12.1 Å². The van der Waals surface area contributed by atoms with Gasteiger partial charge in [-0.25, -0.2) is 4.79 Å². The standard InChI is InChI=1S/C20H28ClNO3.C2HF3O2/c21-19-3-1-16(2-4-19)11-22-14-20(15-22)18(7-10-25-20)13-24-12-17-5-8-23-9-6-17;3-2(4,5)1(6)7/h1-4,17-18H,5-15H2;(H,6,7). The number of carboxylic acids is 1. The SMILES string of the molecule is Clc1ccc(CN2CC3(C2)OCCC3COCC2CCOCC2)cc1.O=C(O)C(F)(F)F. The first-order valence-corrected chi connectivity index (χ1v) is 11.1. The molecule has 180 valence electrons. The number of ether oxygens (including phenoxy) is 3. The van der Waals surface area contributed by atoms with Gasteiger partial charge in [0.1, 0.15) is 0 Å². The Morgan fingerprint density at radius 2 is 1.75 bits per heavy atom. The van der Waals surface area contributed by atoms with Gasteiger partial charge >= 0.3 is 12.1 Å². The van der Waals surface area contributed by atoms with E-state index in [0.29, 0.717) is 11.8 Å². The van der Waals surface area contributed by atoms with Gasteiger partial charge < -0.3 is 19.3 Å². The molecular formula is C22H29ClF3NO5. The van der Waals surface area contributed by atoms with E-state index in [4.69, 9.17) is 35.7 Å². The van der Waals surface area contributed by atoms with Crippen molar-refractivity contribution in [2.24, 2.45) is 11.8 Å². The number of hydrogen-bond donors (Lipinski definition) is 1. The van der Waals surface area contributed by atoms with Crippen molar-refractivity contribution in [2.75, 3.05) is 46.1 Å². The number of benzene rings is 1. The molecule has 3 aliphatic heterocycles. The minimum absolute atomic E-state index is 0.0299. The Morgan fingerprint density at radius 3 is 2.34 bits per heavy atom. The molecule has 1 spiro atoms. The number of hydrogen-bond acceptors (Lipinski definition) is 5. The molecule has 3 saturated heterocycles. The second-order valence-electron chi connectivity index (χ2n) is 8.57. The van der Waals surface area contributed by atoms with Crippen molar-refractivity contribution in [2.45, 2.75) is 37.6 Å². The highest BCUT2D eigenvalue weighted by atomic mass is 35.5. The summed E-state index contributed by atoms with van der Waals surface area (Å²) in [5.74, 6) is -1.55. The summed E-state index contributed by atoms with van der Waals surface area (Å²) in [4.78, 5) is 11.4. The number of carbonyl (C=O) groups is 1. The maximum atomic E-state index is 10.6. The van der Waals surface area contributed by atoms with Gasteiger partial charge in [0.05, 0.1) is 12.2 Å². The molecule has 1 aromatic rings. The molecule has 3 heterocycles. The Labute approximate surface area is 190 Å². The molecule has 0 amide bonds. The Hall–Kier alpha value is -1.39. The average molecular weight is 480 g/mol. The maximum Gasteiger partial charge on any atom is 0.490 e. The number of aliphatic carboxylic acids is 1. The van der Waals surface area contributed by atoms with Crippen molar-refractivity contribution >= 4 is 17.6 Å². The van der Waals surface area contributed by atoms with Crippen LogP contribution in [0.5, 0.6) is 0 Å². The third kappa shape index (κ3) is 7.05. The van der Waals surface area contributed by atoms with Gasteiger partial charge in [0, 0.05) is 57.0 Å². The van der Waals surface area contributed by atoms with Crippen LogP contribution in [0.1, 0.15) is 24.8 Å². The van der Waals surface area contributed by atoms with Crippen LogP contribution in [0.3, 0.4) is 0 Å². The van der Waals surface area contributed by atoms with Crippen LogP contribution >= 0.6 is 11.6 Å². The quantitative estimate of drug-likeness (QED) is 0.665. The highest BCUT2D eigenvalue weighted by Gasteiger charge is 2.52. The third-order valence-corrected chi connectivity index (χ3v) is 6.41. The van der Waals surface area contributed by atoms with Crippen LogP contribution < -0.4 is 0 Å². The largest absolute Gasteiger partial charge is 0.490 e. The van der Waals surface area contributed by atoms with Gasteiger partial charge in [-0.05, 0) is 42.9 Å². The van der Waals surface area contributed by atoms with E-state index in [1.807, 2.05) is 12.1 Å². The van der Waals surface area contributed by atoms with Crippen molar-refractivity contribution in [3.63, 3.8) is 0 Å². The lowest BCUT2D eigenvalue weighted by molar-refractivity contribution is -0.192. The van der Waals surface area contributed by atoms with Gasteiger partial charge in [-0.15, -0.1) is 0 Å². The van der Waals surface area contributed by atoms with E-state index in [1.54, 1.807) is 0 Å². The first kappa shape index (κ1) is 25.2. The van der Waals surface area contributed by atoms with Crippen LogP contribution in [-0.4, -0.2) is 73.9 Å². The minimum atomic E-state index is -5.08. The topological polar surface area (TPSA) is 68.2 Å². The van der Waals surface area contributed by atoms with E-state index in [9.17, 15) is 13.2 Å². The zero-order valence-electron chi connectivity index (χ0n) is 17.8. The predicted octanol–water partition coefficient (Wildman–Crippen LogP) is 4.01. The van der Waals surface area contributed by atoms with Crippen LogP contribution in [0.15, 0.2) is 24.3 Å². The van der Waals surface area contributed by atoms with Crippen LogP contribution in [0.25, 0.3) is 0 Å². The van der Waals surface area contributed by atoms with Crippen molar-refractivity contribution in [1.29, 1.82) is 0 Å². The molecular weight excluding hydrogens is 451 g/mol. The summed E-state index contributed by atoms with van der Waals surface area (Å²) in [5.41, 5.74) is 1.34. The molecule has 1 N–H and O–H groups in total. The number of nitrogens with zero attached hydrogens (tertiary/aromatic N) is 1. The van der Waals surface area contributed by atoms with Gasteiger partial charge in [-0.3, -0.25) is 4.90 Å². The first-order chi connectivity index (χ1) is 15.2. The van der Waals surface area contributed by atoms with E-state index >= 15 is 0 Å². The van der Waals surface area contributed by atoms with E-state index in [1.165, 1.54) is 5.56 Å². The minimum Gasteiger partial charge on any atom is -0.475 e. The monoisotopic (exact) mass is 479 g/mol. The van der Waals surface area contributed by atoms with Gasteiger partial charge in [-0.2, -0.15) is 13.2 Å². The van der Waals surface area contributed by atoms with E-state index in [0.717, 1.165) is 77.0 Å². The summed E-state index contributed by atoms with van der Waals surface area (Å²) in [5, 5.41) is 7.92. The first-order valence-electron chi connectivity index (χ1n) is 10.7. The van der Waals surface area contributed by atoms with Crippen molar-refractivity contribution in [3.05, 3.63) is 34.9 Å². The molecule has 3 aliphatic rings. The molecule has 10 heteroatoms. The molecule has 0 bridgehead atoms. The fourth-order valence-corrected chi connectivity index (χ4v) is 4.46. The Balaban J connectivity index is 0.000000360. The highest BCUT2D eigenvalue weighted by molar-refractivity contribution is 6.30. The Bertz CT molecular complexity index is 734. The van der Waals surface area contributed by atoms with Crippen molar-refractivity contribution in [1.82, 2.24) is 4.90 Å². The fourth-order valence-electron chi connectivity index (χ4n) is 4.33. The zero-order chi connectivity index (χ0) is 23.2. The van der Waals surface area contributed by atoms with Crippen molar-refractivity contribution in [3.8, 4) is 0 Å². The number of likely N-dealkylation sites (tertiary alicyclic amines) is 1. The van der Waals surface area contributed by atoms with E-state index in [2.05, 4.69) is 17.0 Å². The molecule has 32 heavy (non-hydrogen) atoms. The normalized spacial score (nSPS) is 23.4. The lowest BCUT2D eigenvalue weighted by atomic mass is 9.81. The maximum absolute atomic E-state index is 10.6. The second-order valence-corrected chi connectivity index (χ2v) is 9.00. The van der Waals surface area contributed by atoms with E-state index in [-0.39, 0.29) is 5.60 Å². The molecule has 3 fully saturated rings. The van der Waals surface area contributed by atoms with Crippen LogP contribution in [0, 0.1) is 11.8 Å². The summed E-state index contributed by atoms with van der Waals surface area (Å²) in [6, 6.07) is 8.14. The Kier molecular flexibility index (Phi) is 8.80. The van der Waals surface area contributed by atoms with Crippen molar-refractivity contribution < 1.29 is 37.3 Å². The van der Waals surface area contributed by atoms with Crippen LogP contribution in [0.4, 0.5) is 13.2 Å². The zero-order valence-corrected chi connectivity index (χ0v) is 18.5. The number of rotatable bonds is 6. The Morgan fingerprint density at radius 1 is 1.12 bits per heavy atom. The average Bonchev–Trinajstić information content (AvgIpc) is 3.14. The molecule has 1 atom stereocenters. The molecule has 6 nitrogen and oxygen atoms in total. The predicted molar refractivity (Wildman–Crippen MR) is 112 cm³/mol. The highest BCUT2D eigenvalue weighted by Crippen LogP contribution is 2.40. The number of halogens is 4. The lowest BCUT2D eigenvalue weighted by Crippen LogP contribution is -2.64. The lowest BCUT2D eigenvalue weighted by Gasteiger charge is -2.50. The molecule has 0 saturated carbocycles. The summed E-state index contributed by atoms with van der Waals surface area (Å²) < 4.78 is 49.4. The van der Waals surface area contributed by atoms with Crippen LogP contribution in [0.2, 0.25) is 5.02 Å². The van der Waals surface area contributed by atoms with Gasteiger partial charge in [0.15, 0.2) is 0 Å². The summed E-state index contributed by atoms with van der Waals surface area (Å²) >= 11 is 5.96. The summed E-state index contributed by atoms with van der Waals surface area (Å²) in [6.45, 7) is 7.38. The van der Waals surface area contributed by atoms with Gasteiger partial charge in [0.25, 0.3) is 0 Å². The summed E-state index contributed by atoms with van der Waals surface area (Å²) in [6.07, 6.45) is -1.68.